The lowest BCUT2D eigenvalue weighted by atomic mass is 10.2. The molecule has 1 heterocycles. The SMILES string of the molecule is CC(C)Oc1cncc(N(CCCN)C2CCCC2)n1. The van der Waals surface area contributed by atoms with Gasteiger partial charge in [-0.3, -0.25) is 4.98 Å². The first-order chi connectivity index (χ1) is 9.70. The monoisotopic (exact) mass is 278 g/mol. The average molecular weight is 278 g/mol. The number of nitrogens with zero attached hydrogens (tertiary/aromatic N) is 3. The zero-order chi connectivity index (χ0) is 14.4. The Bertz CT molecular complexity index is 405. The van der Waals surface area contributed by atoms with Crippen molar-refractivity contribution in [2.75, 3.05) is 18.0 Å². The first-order valence-electron chi connectivity index (χ1n) is 7.66. The minimum Gasteiger partial charge on any atom is -0.474 e. The molecule has 1 aromatic rings. The lowest BCUT2D eigenvalue weighted by Gasteiger charge is -2.30. The molecule has 0 unspecified atom stereocenters. The number of ether oxygens (including phenoxy) is 1. The summed E-state index contributed by atoms with van der Waals surface area (Å²) in [7, 11) is 0. The van der Waals surface area contributed by atoms with Crippen molar-refractivity contribution >= 4 is 5.82 Å². The first-order valence-corrected chi connectivity index (χ1v) is 7.66. The molecule has 5 heteroatoms. The van der Waals surface area contributed by atoms with E-state index in [1.165, 1.54) is 25.7 Å². The molecular formula is C15H26N4O. The van der Waals surface area contributed by atoms with Gasteiger partial charge in [-0.25, -0.2) is 0 Å². The molecule has 1 aliphatic carbocycles. The van der Waals surface area contributed by atoms with Crippen molar-refractivity contribution in [3.05, 3.63) is 12.4 Å². The van der Waals surface area contributed by atoms with E-state index in [0.717, 1.165) is 18.8 Å². The van der Waals surface area contributed by atoms with Gasteiger partial charge in [-0.1, -0.05) is 12.8 Å². The number of nitrogens with two attached hydrogens (primary N) is 1. The second-order valence-corrected chi connectivity index (χ2v) is 5.66. The maximum absolute atomic E-state index is 5.66. The highest BCUT2D eigenvalue weighted by Gasteiger charge is 2.23. The van der Waals surface area contributed by atoms with Gasteiger partial charge in [0.15, 0.2) is 5.82 Å². The molecule has 20 heavy (non-hydrogen) atoms. The van der Waals surface area contributed by atoms with Crippen LogP contribution in [0.1, 0.15) is 46.0 Å². The second kappa shape index (κ2) is 7.43. The van der Waals surface area contributed by atoms with Crippen molar-refractivity contribution in [2.24, 2.45) is 5.73 Å². The number of hydrogen-bond acceptors (Lipinski definition) is 5. The molecule has 0 amide bonds. The lowest BCUT2D eigenvalue weighted by Crippen LogP contribution is -2.35. The Morgan fingerprint density at radius 3 is 2.75 bits per heavy atom. The van der Waals surface area contributed by atoms with Crippen LogP contribution in [0.15, 0.2) is 12.4 Å². The molecule has 1 aliphatic rings. The highest BCUT2D eigenvalue weighted by molar-refractivity contribution is 5.39. The topological polar surface area (TPSA) is 64.3 Å². The molecule has 112 valence electrons. The predicted molar refractivity (Wildman–Crippen MR) is 81.1 cm³/mol. The molecule has 1 fully saturated rings. The molecule has 0 radical (unpaired) electrons. The Morgan fingerprint density at radius 1 is 1.35 bits per heavy atom. The molecule has 0 bridgehead atoms. The Hall–Kier alpha value is -1.36. The molecule has 0 spiro atoms. The van der Waals surface area contributed by atoms with Crippen LogP contribution in [0.3, 0.4) is 0 Å². The average Bonchev–Trinajstić information content (AvgIpc) is 2.93. The van der Waals surface area contributed by atoms with E-state index in [2.05, 4.69) is 14.9 Å². The Labute approximate surface area is 121 Å². The zero-order valence-corrected chi connectivity index (χ0v) is 12.6. The third kappa shape index (κ3) is 4.07. The molecule has 1 saturated carbocycles. The minimum atomic E-state index is 0.114. The van der Waals surface area contributed by atoms with E-state index in [1.54, 1.807) is 6.20 Å². The number of aromatic nitrogens is 2. The van der Waals surface area contributed by atoms with Crippen LogP contribution in [0.4, 0.5) is 5.82 Å². The van der Waals surface area contributed by atoms with Gasteiger partial charge in [-0.2, -0.15) is 4.98 Å². The van der Waals surface area contributed by atoms with Crippen molar-refractivity contribution in [3.63, 3.8) is 0 Å². The highest BCUT2D eigenvalue weighted by atomic mass is 16.5. The fourth-order valence-electron chi connectivity index (χ4n) is 2.74. The third-order valence-electron chi connectivity index (χ3n) is 3.62. The Balaban J connectivity index is 2.14. The Morgan fingerprint density at radius 2 is 2.10 bits per heavy atom. The zero-order valence-electron chi connectivity index (χ0n) is 12.6. The third-order valence-corrected chi connectivity index (χ3v) is 3.62. The number of anilines is 1. The van der Waals surface area contributed by atoms with Crippen LogP contribution in [-0.2, 0) is 0 Å². The number of rotatable bonds is 7. The summed E-state index contributed by atoms with van der Waals surface area (Å²) < 4.78 is 5.65. The number of hydrogen-bond donors (Lipinski definition) is 1. The van der Waals surface area contributed by atoms with Gasteiger partial charge in [0, 0.05) is 12.6 Å². The largest absolute Gasteiger partial charge is 0.474 e. The van der Waals surface area contributed by atoms with Crippen molar-refractivity contribution in [1.82, 2.24) is 9.97 Å². The summed E-state index contributed by atoms with van der Waals surface area (Å²) in [6.07, 6.45) is 9.69. The summed E-state index contributed by atoms with van der Waals surface area (Å²) in [6, 6.07) is 0.574. The van der Waals surface area contributed by atoms with Gasteiger partial charge < -0.3 is 15.4 Å². The van der Waals surface area contributed by atoms with Crippen molar-refractivity contribution in [1.29, 1.82) is 0 Å². The van der Waals surface area contributed by atoms with E-state index in [1.807, 2.05) is 20.0 Å². The summed E-state index contributed by atoms with van der Waals surface area (Å²) in [5.41, 5.74) is 5.66. The van der Waals surface area contributed by atoms with Gasteiger partial charge in [0.1, 0.15) is 0 Å². The normalized spacial score (nSPS) is 15.8. The van der Waals surface area contributed by atoms with Gasteiger partial charge in [-0.15, -0.1) is 0 Å². The van der Waals surface area contributed by atoms with E-state index >= 15 is 0 Å². The van der Waals surface area contributed by atoms with Crippen LogP contribution in [-0.4, -0.2) is 35.2 Å². The van der Waals surface area contributed by atoms with Crippen LogP contribution >= 0.6 is 0 Å². The molecule has 2 rings (SSSR count). The van der Waals surface area contributed by atoms with Gasteiger partial charge in [0.05, 0.1) is 18.5 Å². The Kier molecular flexibility index (Phi) is 5.59. The smallest absolute Gasteiger partial charge is 0.234 e. The van der Waals surface area contributed by atoms with E-state index < -0.39 is 0 Å². The summed E-state index contributed by atoms with van der Waals surface area (Å²) in [5.74, 6) is 1.52. The minimum absolute atomic E-state index is 0.114. The van der Waals surface area contributed by atoms with Gasteiger partial charge in [0.2, 0.25) is 5.88 Å². The quantitative estimate of drug-likeness (QED) is 0.829. The van der Waals surface area contributed by atoms with Crippen molar-refractivity contribution in [2.45, 2.75) is 58.1 Å². The summed E-state index contributed by atoms with van der Waals surface area (Å²) >= 11 is 0. The molecule has 2 N–H and O–H groups in total. The van der Waals surface area contributed by atoms with Crippen LogP contribution in [0, 0.1) is 0 Å². The maximum Gasteiger partial charge on any atom is 0.234 e. The van der Waals surface area contributed by atoms with Crippen LogP contribution in [0.2, 0.25) is 0 Å². The first kappa shape index (κ1) is 15.0. The summed E-state index contributed by atoms with van der Waals surface area (Å²) in [6.45, 7) is 5.65. The lowest BCUT2D eigenvalue weighted by molar-refractivity contribution is 0.231. The van der Waals surface area contributed by atoms with Crippen LogP contribution in [0.5, 0.6) is 5.88 Å². The predicted octanol–water partition coefficient (Wildman–Crippen LogP) is 2.36. The standard InChI is InChI=1S/C15H26N4O/c1-12(2)20-15-11-17-10-14(18-15)19(9-5-8-16)13-6-3-4-7-13/h10-13H,3-9,16H2,1-2H3. The van der Waals surface area contributed by atoms with E-state index in [0.29, 0.717) is 18.5 Å². The molecule has 1 aromatic heterocycles. The second-order valence-electron chi connectivity index (χ2n) is 5.66. The molecule has 5 nitrogen and oxygen atoms in total. The fourth-order valence-corrected chi connectivity index (χ4v) is 2.74. The summed E-state index contributed by atoms with van der Waals surface area (Å²) in [4.78, 5) is 11.2. The summed E-state index contributed by atoms with van der Waals surface area (Å²) in [5, 5.41) is 0. The fraction of sp³-hybridized carbons (Fsp3) is 0.733. The molecule has 0 saturated heterocycles. The van der Waals surface area contributed by atoms with E-state index in [-0.39, 0.29) is 6.10 Å². The van der Waals surface area contributed by atoms with E-state index in [9.17, 15) is 0 Å². The van der Waals surface area contributed by atoms with E-state index in [4.69, 9.17) is 10.5 Å². The highest BCUT2D eigenvalue weighted by Crippen LogP contribution is 2.27. The van der Waals surface area contributed by atoms with Crippen LogP contribution < -0.4 is 15.4 Å². The van der Waals surface area contributed by atoms with Gasteiger partial charge in [0.25, 0.3) is 0 Å². The van der Waals surface area contributed by atoms with Crippen molar-refractivity contribution < 1.29 is 4.74 Å². The maximum atomic E-state index is 5.66. The molecule has 0 aliphatic heterocycles. The molecule has 0 atom stereocenters. The molecule has 0 aromatic carbocycles. The molecular weight excluding hydrogens is 252 g/mol. The van der Waals surface area contributed by atoms with Gasteiger partial charge >= 0.3 is 0 Å². The van der Waals surface area contributed by atoms with Gasteiger partial charge in [-0.05, 0) is 39.7 Å². The van der Waals surface area contributed by atoms with Crippen molar-refractivity contribution in [3.8, 4) is 5.88 Å². The van der Waals surface area contributed by atoms with Crippen LogP contribution in [0.25, 0.3) is 0 Å².